The number of fused-ring (bicyclic) bond motifs is 1. The summed E-state index contributed by atoms with van der Waals surface area (Å²) in [5.74, 6) is 1.99. The van der Waals surface area contributed by atoms with Gasteiger partial charge >= 0.3 is 5.97 Å². The molecule has 0 aromatic rings. The van der Waals surface area contributed by atoms with E-state index in [0.29, 0.717) is 30.4 Å². The van der Waals surface area contributed by atoms with Crippen molar-refractivity contribution in [3.8, 4) is 0 Å². The first-order valence-electron chi connectivity index (χ1n) is 11.1. The molecule has 0 amide bonds. The third-order valence-electron chi connectivity index (χ3n) is 8.86. The Kier molecular flexibility index (Phi) is 4.18. The van der Waals surface area contributed by atoms with E-state index < -0.39 is 0 Å². The summed E-state index contributed by atoms with van der Waals surface area (Å²) < 4.78 is 7.32. The maximum atomic E-state index is 13.2. The van der Waals surface area contributed by atoms with E-state index in [0.717, 1.165) is 32.1 Å². The zero-order chi connectivity index (χ0) is 18.0. The van der Waals surface area contributed by atoms with Gasteiger partial charge in [-0.2, -0.15) is 0 Å². The number of piperidine rings is 2. The molecule has 4 saturated carbocycles. The van der Waals surface area contributed by atoms with E-state index in [1.807, 2.05) is 0 Å². The predicted molar refractivity (Wildman–Crippen MR) is 103 cm³/mol. The topological polar surface area (TPSA) is 26.3 Å². The van der Waals surface area contributed by atoms with Gasteiger partial charge < -0.3 is 9.22 Å². The Morgan fingerprint density at radius 3 is 2.54 bits per heavy atom. The van der Waals surface area contributed by atoms with E-state index >= 15 is 0 Å². The molecule has 4 bridgehead atoms. The van der Waals surface area contributed by atoms with Gasteiger partial charge in [-0.25, -0.2) is 0 Å². The number of quaternary nitrogens is 1. The Morgan fingerprint density at radius 1 is 1.08 bits per heavy atom. The summed E-state index contributed by atoms with van der Waals surface area (Å²) in [6, 6.07) is 0.709. The first-order valence-corrected chi connectivity index (χ1v) is 11.5. The normalized spacial score (nSPS) is 52.5. The number of hydrogen-bond donors (Lipinski definition) is 0. The number of nitrogens with zero attached hydrogens (tertiary/aromatic N) is 1. The number of halogens is 1. The average Bonchev–Trinajstić information content (AvgIpc) is 2.56. The lowest BCUT2D eigenvalue weighted by atomic mass is 9.49. The van der Waals surface area contributed by atoms with Gasteiger partial charge in [0.15, 0.2) is 0 Å². The summed E-state index contributed by atoms with van der Waals surface area (Å²) in [7, 11) is 2.44. The third kappa shape index (κ3) is 2.83. The maximum absolute atomic E-state index is 13.2. The number of esters is 1. The SMILES string of the molecule is C[N@+]12CCCC[C@H]1[C@@H](COC(=O)C13C[C@H]4C[C@@H](CC(Cl)(C4)C1)C3)CCC2. The molecule has 0 radical (unpaired) electrons. The minimum atomic E-state index is -0.245. The molecule has 3 nitrogen and oxygen atoms in total. The zero-order valence-corrected chi connectivity index (χ0v) is 17.1. The number of carbonyl (C=O) groups is 1. The van der Waals surface area contributed by atoms with Crippen LogP contribution in [0, 0.1) is 23.2 Å². The van der Waals surface area contributed by atoms with Gasteiger partial charge in [-0.05, 0) is 76.0 Å². The molecule has 6 rings (SSSR count). The molecule has 6 aliphatic rings. The minimum Gasteiger partial charge on any atom is -0.465 e. The molecule has 0 unspecified atom stereocenters. The molecule has 146 valence electrons. The third-order valence-corrected chi connectivity index (χ3v) is 9.30. The molecule has 2 aliphatic heterocycles. The summed E-state index contributed by atoms with van der Waals surface area (Å²) in [6.45, 7) is 3.29. The van der Waals surface area contributed by atoms with E-state index in [1.54, 1.807) is 0 Å². The largest absolute Gasteiger partial charge is 0.465 e. The van der Waals surface area contributed by atoms with Gasteiger partial charge in [0.2, 0.25) is 0 Å². The van der Waals surface area contributed by atoms with E-state index in [9.17, 15) is 4.79 Å². The van der Waals surface area contributed by atoms with Crippen LogP contribution in [0.15, 0.2) is 0 Å². The fourth-order valence-corrected chi connectivity index (χ4v) is 8.85. The van der Waals surface area contributed by atoms with E-state index in [1.165, 1.54) is 56.1 Å². The Balaban J connectivity index is 1.26. The van der Waals surface area contributed by atoms with Crippen LogP contribution in [0.2, 0.25) is 0 Å². The van der Waals surface area contributed by atoms with Crippen molar-refractivity contribution in [3.05, 3.63) is 0 Å². The van der Waals surface area contributed by atoms with Crippen molar-refractivity contribution in [2.24, 2.45) is 23.2 Å². The smallest absolute Gasteiger partial charge is 0.312 e. The van der Waals surface area contributed by atoms with Crippen LogP contribution in [0.1, 0.15) is 70.6 Å². The molecular formula is C22H35ClNO2+. The van der Waals surface area contributed by atoms with Crippen molar-refractivity contribution in [2.75, 3.05) is 26.7 Å². The van der Waals surface area contributed by atoms with Crippen LogP contribution in [0.5, 0.6) is 0 Å². The fourth-order valence-electron chi connectivity index (χ4n) is 8.15. The lowest BCUT2D eigenvalue weighted by Crippen LogP contribution is -2.61. The summed E-state index contributed by atoms with van der Waals surface area (Å²) in [6.07, 6.45) is 13.1. The van der Waals surface area contributed by atoms with E-state index in [-0.39, 0.29) is 16.3 Å². The van der Waals surface area contributed by atoms with Crippen molar-refractivity contribution >= 4 is 17.6 Å². The lowest BCUT2D eigenvalue weighted by molar-refractivity contribution is -0.947. The number of alkyl halides is 1. The highest BCUT2D eigenvalue weighted by Crippen LogP contribution is 2.64. The summed E-state index contributed by atoms with van der Waals surface area (Å²) in [5.41, 5.74) is -0.245. The second kappa shape index (κ2) is 6.11. The lowest BCUT2D eigenvalue weighted by Gasteiger charge is -2.58. The molecule has 4 aliphatic carbocycles. The van der Waals surface area contributed by atoms with Crippen LogP contribution < -0.4 is 0 Å². The molecule has 4 heteroatoms. The van der Waals surface area contributed by atoms with Gasteiger partial charge in [0.05, 0.1) is 38.2 Å². The van der Waals surface area contributed by atoms with Crippen LogP contribution in [0.4, 0.5) is 0 Å². The van der Waals surface area contributed by atoms with Gasteiger partial charge in [0.1, 0.15) is 0 Å². The number of carbonyl (C=O) groups excluding carboxylic acids is 1. The van der Waals surface area contributed by atoms with Crippen molar-refractivity contribution in [2.45, 2.75) is 81.5 Å². The first kappa shape index (κ1) is 17.8. The molecule has 0 N–H and O–H groups in total. The molecule has 0 spiro atoms. The zero-order valence-electron chi connectivity index (χ0n) is 16.4. The van der Waals surface area contributed by atoms with Crippen molar-refractivity contribution in [1.82, 2.24) is 0 Å². The quantitative estimate of drug-likeness (QED) is 0.409. The van der Waals surface area contributed by atoms with Crippen LogP contribution in [0.3, 0.4) is 0 Å². The van der Waals surface area contributed by atoms with Crippen LogP contribution >= 0.6 is 11.6 Å². The van der Waals surface area contributed by atoms with Crippen LogP contribution in [-0.4, -0.2) is 48.1 Å². The van der Waals surface area contributed by atoms with E-state index in [2.05, 4.69) is 7.05 Å². The number of ether oxygens (including phenoxy) is 1. The summed E-state index contributed by atoms with van der Waals surface area (Å²) in [5, 5.41) is 0. The Bertz CT molecular complexity index is 575. The standard InChI is InChI=1S/C22H35ClNO2/c1-24-7-3-2-6-19(24)18(5-4-8-24)14-26-20(25)21-10-16-9-17(11-21)13-22(23,12-16)15-21/h16-19H,2-15H2,1H3/q+1/t16-,17-,18-,19+,21?,22?,24-/m1/s1. The highest BCUT2D eigenvalue weighted by atomic mass is 35.5. The van der Waals surface area contributed by atoms with Gasteiger partial charge in [-0.3, -0.25) is 4.79 Å². The monoisotopic (exact) mass is 380 g/mol. The Labute approximate surface area is 163 Å². The predicted octanol–water partition coefficient (Wildman–Crippen LogP) is 4.52. The molecule has 6 fully saturated rings. The molecule has 0 aromatic heterocycles. The Morgan fingerprint density at radius 2 is 1.81 bits per heavy atom. The van der Waals surface area contributed by atoms with E-state index in [4.69, 9.17) is 16.3 Å². The van der Waals surface area contributed by atoms with Gasteiger partial charge in [0, 0.05) is 17.2 Å². The second-order valence-electron chi connectivity index (χ2n) is 10.9. The van der Waals surface area contributed by atoms with Gasteiger partial charge in [0.25, 0.3) is 0 Å². The maximum Gasteiger partial charge on any atom is 0.312 e. The van der Waals surface area contributed by atoms with Crippen LogP contribution in [-0.2, 0) is 9.53 Å². The minimum absolute atomic E-state index is 0.104. The Hall–Kier alpha value is -0.280. The number of rotatable bonds is 3. The highest BCUT2D eigenvalue weighted by Gasteiger charge is 2.61. The van der Waals surface area contributed by atoms with Crippen LogP contribution in [0.25, 0.3) is 0 Å². The molecule has 0 aromatic carbocycles. The summed E-state index contributed by atoms with van der Waals surface area (Å²) >= 11 is 6.91. The number of hydrogen-bond acceptors (Lipinski definition) is 2. The summed E-state index contributed by atoms with van der Waals surface area (Å²) in [4.78, 5) is 13.1. The fraction of sp³-hybridized carbons (Fsp3) is 0.955. The van der Waals surface area contributed by atoms with Crippen molar-refractivity contribution in [3.63, 3.8) is 0 Å². The van der Waals surface area contributed by atoms with Gasteiger partial charge in [-0.1, -0.05) is 0 Å². The molecule has 2 heterocycles. The first-order chi connectivity index (χ1) is 12.4. The van der Waals surface area contributed by atoms with Gasteiger partial charge in [-0.15, -0.1) is 11.6 Å². The highest BCUT2D eigenvalue weighted by molar-refractivity contribution is 6.24. The van der Waals surface area contributed by atoms with Crippen molar-refractivity contribution < 1.29 is 14.0 Å². The molecule has 5 atom stereocenters. The molecule has 26 heavy (non-hydrogen) atoms. The van der Waals surface area contributed by atoms with Crippen molar-refractivity contribution in [1.29, 1.82) is 0 Å². The second-order valence-corrected chi connectivity index (χ2v) is 11.7. The molecular weight excluding hydrogens is 346 g/mol. The average molecular weight is 381 g/mol. The molecule has 2 saturated heterocycles.